The summed E-state index contributed by atoms with van der Waals surface area (Å²) in [5.74, 6) is -5.09. The fraction of sp³-hybridized carbons (Fsp3) is 0.739. The summed E-state index contributed by atoms with van der Waals surface area (Å²) in [5, 5.41) is 51.2. The highest BCUT2D eigenvalue weighted by atomic mass is 32.2. The lowest BCUT2D eigenvalue weighted by Gasteiger charge is -2.32. The highest BCUT2D eigenvalue weighted by molar-refractivity contribution is 7.98. The Morgan fingerprint density at radius 3 is 1.66 bits per heavy atom. The van der Waals surface area contributed by atoms with E-state index >= 15 is 0 Å². The van der Waals surface area contributed by atoms with Gasteiger partial charge in [-0.1, -0.05) is 70.2 Å². The van der Waals surface area contributed by atoms with Gasteiger partial charge in [-0.15, -0.1) is 0 Å². The molecule has 2 fully saturated rings. The van der Waals surface area contributed by atoms with Gasteiger partial charge in [0.05, 0.1) is 52.6 Å². The molecule has 2 aliphatic heterocycles. The van der Waals surface area contributed by atoms with E-state index in [2.05, 4.69) is 48.6 Å². The number of benzene rings is 1. The Morgan fingerprint density at radius 1 is 0.608 bits per heavy atom. The zero-order chi connectivity index (χ0) is 74.7. The Balaban J connectivity index is 1.11. The van der Waals surface area contributed by atoms with Crippen molar-refractivity contribution in [3.63, 3.8) is 0 Å². The Bertz CT molecular complexity index is 2770. The highest BCUT2D eigenvalue weighted by Gasteiger charge is 2.36. The number of primary amides is 1. The van der Waals surface area contributed by atoms with Gasteiger partial charge >= 0.3 is 17.9 Å². The minimum atomic E-state index is -1.32. The van der Waals surface area contributed by atoms with Crippen LogP contribution in [0.2, 0.25) is 0 Å². The fourth-order valence-corrected chi connectivity index (χ4v) is 13.6. The molecule has 0 radical (unpaired) electrons. The number of unbranched alkanes of at least 4 members (excludes halogenated alkanes) is 1. The third-order valence-electron chi connectivity index (χ3n) is 17.4. The predicted octanol–water partition coefficient (Wildman–Crippen LogP) is 0.497. The minimum absolute atomic E-state index is 0.000620. The summed E-state index contributed by atoms with van der Waals surface area (Å²) < 4.78 is 17.0. The predicted molar refractivity (Wildman–Crippen MR) is 386 cm³/mol. The molecule has 33 heteroatoms. The number of nitrogens with one attached hydrogen (secondary N) is 8. The van der Waals surface area contributed by atoms with Crippen molar-refractivity contribution in [2.45, 2.75) is 165 Å². The summed E-state index contributed by atoms with van der Waals surface area (Å²) in [7, 11) is 0. The molecule has 0 aromatic heterocycles. The number of hydrogen-bond donors (Lipinski definition) is 12. The molecule has 1 aliphatic carbocycles. The third-order valence-corrected chi connectivity index (χ3v) is 19.5. The normalized spacial score (nSPS) is 20.1. The number of fused-ring (bicyclic) bond motifs is 2. The van der Waals surface area contributed by atoms with Crippen molar-refractivity contribution in [2.75, 3.05) is 149 Å². The highest BCUT2D eigenvalue weighted by Crippen LogP contribution is 2.28. The minimum Gasteiger partial charge on any atom is -0.480 e. The lowest BCUT2D eigenvalue weighted by atomic mass is 9.84. The summed E-state index contributed by atoms with van der Waals surface area (Å²) in [6.07, 6.45) is 7.53. The van der Waals surface area contributed by atoms with E-state index < -0.39 is 77.2 Å². The molecular formula is C69H115N13O18S2. The van der Waals surface area contributed by atoms with Gasteiger partial charge in [0, 0.05) is 127 Å². The van der Waals surface area contributed by atoms with Crippen molar-refractivity contribution < 1.29 is 87.1 Å². The standard InChI is InChI=1S/C69H115N13O18S2/c1-49(2)39-54-66(95)75-55(41-50-13-6-5-7-14-50)67(96)76-56(48-102-47-52-16-10-15-51(40-52)46-101-38-20-59(85)78-69(3,4)68(97)77-54)65(94)73-23-12-33-99-35-37-100-36-34-98-32-11-22-71-57(83)18-19-58(84)74-53(64(70)93)17-8-9-21-72-60(86)42-79-24-26-80(43-61(87)88)28-30-82(45-63(91)92)31-29-81(27-25-79)44-62(89)90/h10,15-16,40,49-50,53-56H,5-9,11-14,17-39,41-48H2,1-4H3,(H2,70,93)(H,71,83)(H,72,86)(H,73,94)(H,74,84)(H,75,95)(H,76,96)(H,77,97)(H,78,85)(H,87,88)(H,89,90)(H,91,92)/t53-,54-,55-,56-/m0/s1. The van der Waals surface area contributed by atoms with E-state index in [1.165, 1.54) is 11.8 Å². The van der Waals surface area contributed by atoms with Crippen LogP contribution in [0.1, 0.15) is 135 Å². The number of nitrogens with zero attached hydrogens (tertiary/aromatic N) is 4. The van der Waals surface area contributed by atoms with Crippen molar-refractivity contribution in [1.82, 2.24) is 62.1 Å². The summed E-state index contributed by atoms with van der Waals surface area (Å²) >= 11 is 3.11. The van der Waals surface area contributed by atoms with E-state index in [1.807, 2.05) is 32.0 Å². The summed E-state index contributed by atoms with van der Waals surface area (Å²) in [5.41, 5.74) is 6.38. The average molecular weight is 1480 g/mol. The number of thioether (sulfide) groups is 2. The first-order valence-corrected chi connectivity index (χ1v) is 38.2. The molecular weight excluding hydrogens is 1360 g/mol. The van der Waals surface area contributed by atoms with Crippen molar-refractivity contribution in [3.05, 3.63) is 35.4 Å². The van der Waals surface area contributed by atoms with Crippen LogP contribution in [0.5, 0.6) is 0 Å². The van der Waals surface area contributed by atoms with Crippen molar-refractivity contribution in [3.8, 4) is 0 Å². The maximum Gasteiger partial charge on any atom is 0.317 e. The van der Waals surface area contributed by atoms with Crippen LogP contribution >= 0.6 is 23.5 Å². The molecule has 3 aliphatic rings. The van der Waals surface area contributed by atoms with E-state index in [0.29, 0.717) is 95.5 Å². The number of aliphatic carboxylic acids is 3. The molecule has 1 saturated heterocycles. The van der Waals surface area contributed by atoms with Crippen LogP contribution in [0.3, 0.4) is 0 Å². The van der Waals surface area contributed by atoms with Crippen molar-refractivity contribution >= 4 is 94.6 Å². The first kappa shape index (κ1) is 87.7. The first-order chi connectivity index (χ1) is 48.7. The van der Waals surface area contributed by atoms with Gasteiger partial charge in [-0.2, -0.15) is 23.5 Å². The number of carbonyl (C=O) groups is 12. The van der Waals surface area contributed by atoms with E-state index in [-0.39, 0.29) is 165 Å². The molecule has 0 spiro atoms. The molecule has 9 amide bonds. The van der Waals surface area contributed by atoms with Gasteiger partial charge in [0.1, 0.15) is 29.7 Å². The third kappa shape index (κ3) is 39.2. The lowest BCUT2D eigenvalue weighted by Crippen LogP contribution is -2.61. The number of ether oxygens (including phenoxy) is 3. The zero-order valence-electron chi connectivity index (χ0n) is 60.2. The molecule has 4 atom stereocenters. The average Bonchev–Trinajstić information content (AvgIpc) is 0.845. The number of carboxylic acid groups (broad SMARTS) is 3. The molecule has 2 bridgehead atoms. The van der Waals surface area contributed by atoms with Gasteiger partial charge in [-0.05, 0) is 81.8 Å². The lowest BCUT2D eigenvalue weighted by molar-refractivity contribution is -0.140. The second-order valence-corrected chi connectivity index (χ2v) is 29.3. The van der Waals surface area contributed by atoms with Crippen LogP contribution in [-0.4, -0.2) is 285 Å². The first-order valence-electron chi connectivity index (χ1n) is 35.9. The van der Waals surface area contributed by atoms with Crippen LogP contribution in [0.15, 0.2) is 24.3 Å². The number of rotatable bonds is 37. The number of hydrogen-bond acceptors (Lipinski definition) is 21. The molecule has 2 heterocycles. The largest absolute Gasteiger partial charge is 0.480 e. The monoisotopic (exact) mass is 1480 g/mol. The molecule has 1 saturated carbocycles. The second kappa shape index (κ2) is 49.9. The molecule has 4 rings (SSSR count). The summed E-state index contributed by atoms with van der Waals surface area (Å²) in [6.45, 7) is 10.9. The van der Waals surface area contributed by atoms with Crippen LogP contribution < -0.4 is 48.3 Å². The van der Waals surface area contributed by atoms with Crippen LogP contribution in [-0.2, 0) is 83.3 Å². The molecule has 0 unspecified atom stereocenters. The van der Waals surface area contributed by atoms with Crippen LogP contribution in [0.4, 0.5) is 0 Å². The quantitative estimate of drug-likeness (QED) is 0.0404. The van der Waals surface area contributed by atoms with Gasteiger partial charge in [0.25, 0.3) is 0 Å². The van der Waals surface area contributed by atoms with Gasteiger partial charge in [0.2, 0.25) is 53.2 Å². The number of carbonyl (C=O) groups excluding carboxylic acids is 9. The summed E-state index contributed by atoms with van der Waals surface area (Å²) in [4.78, 5) is 161. The molecule has 1 aromatic rings. The zero-order valence-corrected chi connectivity index (χ0v) is 61.8. The van der Waals surface area contributed by atoms with Gasteiger partial charge in [0.15, 0.2) is 0 Å². The Labute approximate surface area is 608 Å². The van der Waals surface area contributed by atoms with Gasteiger partial charge in [-0.25, -0.2) is 0 Å². The molecule has 1 aromatic carbocycles. The molecule has 102 heavy (non-hydrogen) atoms. The molecule has 13 N–H and O–H groups in total. The number of carboxylic acids is 3. The maximum atomic E-state index is 14.4. The Hall–Kier alpha value is -6.72. The maximum absolute atomic E-state index is 14.4. The van der Waals surface area contributed by atoms with E-state index in [4.69, 9.17) is 19.9 Å². The van der Waals surface area contributed by atoms with Crippen LogP contribution in [0.25, 0.3) is 0 Å². The Kier molecular flexibility index (Phi) is 42.9. The van der Waals surface area contributed by atoms with E-state index in [0.717, 1.165) is 43.2 Å². The smallest absolute Gasteiger partial charge is 0.317 e. The molecule has 576 valence electrons. The van der Waals surface area contributed by atoms with Gasteiger partial charge < -0.3 is 77.8 Å². The molecule has 31 nitrogen and oxygen atoms in total. The van der Waals surface area contributed by atoms with Crippen molar-refractivity contribution in [2.24, 2.45) is 17.6 Å². The second-order valence-electron chi connectivity index (χ2n) is 27.2. The van der Waals surface area contributed by atoms with E-state index in [9.17, 15) is 72.9 Å². The number of nitrogens with two attached hydrogens (primary N) is 1. The van der Waals surface area contributed by atoms with Crippen molar-refractivity contribution in [1.29, 1.82) is 0 Å². The van der Waals surface area contributed by atoms with Crippen LogP contribution in [0, 0.1) is 11.8 Å². The fourth-order valence-electron chi connectivity index (χ4n) is 11.7. The SMILES string of the molecule is CC(C)C[C@@H]1NC(=O)C(C)(C)NC(=O)CCSCc2cccc(c2)CSC[C@@H](C(=O)NCCCOCCOCCOCCCNC(=O)CCC(=O)N[C@@H](CCCCNC(=O)CN2CCN(CC(=O)O)CCN(CC(=O)O)CCN(CC(=O)O)CC2)C(N)=O)NC(=O)[C@H](CC2CCCCC2)NC1=O. The number of amides is 9. The summed E-state index contributed by atoms with van der Waals surface area (Å²) in [6, 6.07) is 4.21. The Morgan fingerprint density at radius 2 is 1.11 bits per heavy atom. The van der Waals surface area contributed by atoms with E-state index in [1.54, 1.807) is 45.2 Å². The van der Waals surface area contributed by atoms with Gasteiger partial charge in [-0.3, -0.25) is 77.1 Å². The topological polar surface area (TPSA) is 428 Å².